The number of amides is 2. The minimum absolute atomic E-state index is 0.0178. The molecule has 2 rings (SSSR count). The van der Waals surface area contributed by atoms with Gasteiger partial charge >= 0.3 is 29.8 Å². The summed E-state index contributed by atoms with van der Waals surface area (Å²) in [5, 5.41) is 30.7. The number of H-pyrrole nitrogens is 1. The van der Waals surface area contributed by atoms with Crippen molar-refractivity contribution in [1.82, 2.24) is 19.8 Å². The topological polar surface area (TPSA) is 242 Å². The lowest BCUT2D eigenvalue weighted by Gasteiger charge is -2.40. The first-order valence-corrected chi connectivity index (χ1v) is 13.0. The molecule has 0 aliphatic carbocycles. The number of hydrogen-bond acceptors (Lipinski definition) is 9. The number of aromatic hydroxyl groups is 1. The molecule has 0 aromatic carbocycles. The molecule has 1 aromatic heterocycles. The molecule has 1 saturated heterocycles. The van der Waals surface area contributed by atoms with Gasteiger partial charge in [0, 0.05) is 12.0 Å². The number of nitrogens with two attached hydrogens (primary N) is 1. The highest BCUT2D eigenvalue weighted by Crippen LogP contribution is 2.35. The number of alkyl halides is 3. The van der Waals surface area contributed by atoms with Crippen molar-refractivity contribution < 1.29 is 57.3 Å². The molecule has 0 radical (unpaired) electrons. The predicted octanol–water partition coefficient (Wildman–Crippen LogP) is 0.347. The molecule has 0 spiro atoms. The lowest BCUT2D eigenvalue weighted by Crippen LogP contribution is -2.63. The van der Waals surface area contributed by atoms with Crippen molar-refractivity contribution in [2.45, 2.75) is 83.7 Å². The summed E-state index contributed by atoms with van der Waals surface area (Å²) in [5.74, 6) is -12.2. The van der Waals surface area contributed by atoms with Crippen LogP contribution in [0.25, 0.3) is 0 Å². The molecule has 0 bridgehead atoms. The van der Waals surface area contributed by atoms with E-state index in [9.17, 15) is 51.8 Å². The fraction of sp³-hybridized carbons (Fsp3) is 0.640. The van der Waals surface area contributed by atoms with Gasteiger partial charge in [-0.15, -0.1) is 0 Å². The Bertz CT molecular complexity index is 1370. The summed E-state index contributed by atoms with van der Waals surface area (Å²) in [6, 6.07) is -4.72. The Morgan fingerprint density at radius 2 is 1.63 bits per heavy atom. The Kier molecular flexibility index (Phi) is 9.91. The zero-order valence-corrected chi connectivity index (χ0v) is 23.9. The Hall–Kier alpha value is -4.22. The number of ketones is 3. The number of nitrogens with zero attached hydrogens (tertiary/aromatic N) is 2. The Morgan fingerprint density at radius 3 is 2.09 bits per heavy atom. The third-order valence-corrected chi connectivity index (χ3v) is 7.77. The van der Waals surface area contributed by atoms with Crippen LogP contribution in [0.4, 0.5) is 18.0 Å². The fourth-order valence-electron chi connectivity index (χ4n) is 4.83. The zero-order chi connectivity index (χ0) is 33.4. The van der Waals surface area contributed by atoms with Gasteiger partial charge in [-0.2, -0.15) is 13.2 Å². The largest absolute Gasteiger partial charge is 0.493 e. The van der Waals surface area contributed by atoms with Crippen LogP contribution in [0.1, 0.15) is 59.1 Å². The summed E-state index contributed by atoms with van der Waals surface area (Å²) in [7, 11) is 0. The monoisotopic (exact) mass is 621 g/mol. The highest BCUT2D eigenvalue weighted by Gasteiger charge is 2.53. The molecule has 240 valence electrons. The maximum Gasteiger partial charge on any atom is 0.452 e. The number of carboxylic acid groups (broad SMARTS) is 2. The first-order valence-electron chi connectivity index (χ1n) is 13.0. The summed E-state index contributed by atoms with van der Waals surface area (Å²) >= 11 is 0. The van der Waals surface area contributed by atoms with Crippen LogP contribution in [0.15, 0.2) is 4.79 Å². The Morgan fingerprint density at radius 1 is 1.09 bits per heavy atom. The Balaban J connectivity index is 2.33. The van der Waals surface area contributed by atoms with Crippen LogP contribution in [0, 0.1) is 11.3 Å². The van der Waals surface area contributed by atoms with Gasteiger partial charge in [0.05, 0.1) is 12.6 Å². The molecule has 1 fully saturated rings. The molecular formula is C25H34F3N5O10. The van der Waals surface area contributed by atoms with Crippen LogP contribution in [-0.4, -0.2) is 95.4 Å². The van der Waals surface area contributed by atoms with Gasteiger partial charge in [0.15, 0.2) is 17.5 Å². The molecular weight excluding hydrogens is 587 g/mol. The van der Waals surface area contributed by atoms with E-state index in [0.29, 0.717) is 4.57 Å². The van der Waals surface area contributed by atoms with Gasteiger partial charge in [-0.1, -0.05) is 27.7 Å². The van der Waals surface area contributed by atoms with Crippen molar-refractivity contribution in [2.75, 3.05) is 6.54 Å². The fourth-order valence-corrected chi connectivity index (χ4v) is 4.83. The molecule has 15 nitrogen and oxygen atoms in total. The third kappa shape index (κ3) is 6.73. The first kappa shape index (κ1) is 35.0. The van der Waals surface area contributed by atoms with E-state index in [4.69, 9.17) is 15.9 Å². The number of hydrogen-bond donors (Lipinski definition) is 6. The summed E-state index contributed by atoms with van der Waals surface area (Å²) in [5.41, 5.74) is 0.574. The molecule has 2 heterocycles. The van der Waals surface area contributed by atoms with Crippen LogP contribution < -0.4 is 16.7 Å². The predicted molar refractivity (Wildman–Crippen MR) is 139 cm³/mol. The third-order valence-electron chi connectivity index (χ3n) is 7.77. The van der Waals surface area contributed by atoms with Gasteiger partial charge in [0.2, 0.25) is 5.88 Å². The van der Waals surface area contributed by atoms with E-state index in [2.05, 4.69) is 5.32 Å². The molecule has 2 amide bonds. The second-order valence-corrected chi connectivity index (χ2v) is 11.4. The molecule has 7 N–H and O–H groups in total. The number of carboxylic acids is 2. The molecule has 1 aromatic rings. The molecule has 0 saturated carbocycles. The van der Waals surface area contributed by atoms with E-state index in [1.807, 2.05) is 4.98 Å². The van der Waals surface area contributed by atoms with Gasteiger partial charge in [0.1, 0.15) is 17.3 Å². The first-order chi connectivity index (χ1) is 19.5. The van der Waals surface area contributed by atoms with E-state index < -0.39 is 100 Å². The normalized spacial score (nSPS) is 18.9. The van der Waals surface area contributed by atoms with Crippen LogP contribution in [0.5, 0.6) is 5.88 Å². The molecule has 1 aliphatic heterocycles. The van der Waals surface area contributed by atoms with Gasteiger partial charge in [0.25, 0.3) is 5.78 Å². The van der Waals surface area contributed by atoms with Crippen LogP contribution >= 0.6 is 0 Å². The van der Waals surface area contributed by atoms with E-state index in [0.717, 1.165) is 4.90 Å². The molecule has 18 heteroatoms. The number of Topliss-reactive ketones (excluding diaryl/α,β-unsaturated/α-hetero) is 3. The summed E-state index contributed by atoms with van der Waals surface area (Å²) in [4.78, 5) is 89.7. The van der Waals surface area contributed by atoms with Crippen molar-refractivity contribution in [2.24, 2.45) is 17.1 Å². The van der Waals surface area contributed by atoms with E-state index in [-0.39, 0.29) is 19.4 Å². The molecule has 43 heavy (non-hydrogen) atoms. The van der Waals surface area contributed by atoms with Crippen LogP contribution in [0.2, 0.25) is 0 Å². The zero-order valence-electron chi connectivity index (χ0n) is 23.9. The highest BCUT2D eigenvalue weighted by atomic mass is 19.4. The van der Waals surface area contributed by atoms with Gasteiger partial charge in [-0.25, -0.2) is 9.59 Å². The number of aromatic nitrogens is 2. The minimum Gasteiger partial charge on any atom is -0.493 e. The lowest BCUT2D eigenvalue weighted by atomic mass is 9.73. The van der Waals surface area contributed by atoms with Gasteiger partial charge in [-0.3, -0.25) is 28.5 Å². The lowest BCUT2D eigenvalue weighted by molar-refractivity contribution is -0.174. The number of nitrogens with one attached hydrogen (secondary N) is 2. The number of urea groups is 1. The number of halogens is 3. The second kappa shape index (κ2) is 12.2. The Labute approximate surface area is 242 Å². The van der Waals surface area contributed by atoms with Crippen molar-refractivity contribution in [3.8, 4) is 5.88 Å². The van der Waals surface area contributed by atoms with Crippen molar-refractivity contribution >= 4 is 35.3 Å². The quantitative estimate of drug-likeness (QED) is 0.174. The number of imidazole rings is 1. The highest BCUT2D eigenvalue weighted by molar-refractivity contribution is 6.02. The molecule has 0 unspecified atom stereocenters. The SMILES string of the molecule is CC(C)[C@H](NC(=O)N1CCC[C@]1(C)C(=O)[C@@H](N)C(C)(C)C(=O)Cn1c(O)c(C(C(=O)O)C(=O)O)[nH]c1=O)C(=O)C(F)(F)F. The number of carbonyl (C=O) groups is 6. The average molecular weight is 622 g/mol. The summed E-state index contributed by atoms with van der Waals surface area (Å²) in [6.07, 6.45) is -4.97. The number of aromatic amines is 1. The number of aliphatic carboxylic acids is 2. The number of carbonyl (C=O) groups excluding carboxylic acids is 4. The summed E-state index contributed by atoms with van der Waals surface area (Å²) < 4.78 is 39.6. The van der Waals surface area contributed by atoms with E-state index in [1.54, 1.807) is 0 Å². The molecule has 1 aliphatic rings. The van der Waals surface area contributed by atoms with Crippen LogP contribution in [0.3, 0.4) is 0 Å². The average Bonchev–Trinajstić information content (AvgIpc) is 3.40. The minimum atomic E-state index is -5.22. The van der Waals surface area contributed by atoms with E-state index >= 15 is 0 Å². The van der Waals surface area contributed by atoms with Gasteiger partial charge < -0.3 is 36.3 Å². The maximum atomic E-state index is 13.7. The molecule has 3 atom stereocenters. The second-order valence-electron chi connectivity index (χ2n) is 11.4. The summed E-state index contributed by atoms with van der Waals surface area (Å²) in [6.45, 7) is 5.32. The van der Waals surface area contributed by atoms with Crippen molar-refractivity contribution in [3.05, 3.63) is 16.2 Å². The number of likely N-dealkylation sites (tertiary alicyclic amines) is 1. The van der Waals surface area contributed by atoms with Crippen molar-refractivity contribution in [1.29, 1.82) is 0 Å². The standard InChI is InChI=1S/C25H34F3N5O10/c1-10(2)13(16(35)25(26,27)28)30-22(43)33-8-6-7-24(33,5)17(36)15(29)23(3,4)11(34)9-32-18(37)14(31-21(32)42)12(19(38)39)20(40)41/h10,12-13,15,37H,6-9,29H2,1-5H3,(H,30,43)(H,31,42)(H,38,39)(H,40,41)/t13-,15+,24+/m0/s1. The van der Waals surface area contributed by atoms with E-state index in [1.165, 1.54) is 34.6 Å². The van der Waals surface area contributed by atoms with Crippen LogP contribution in [-0.2, 0) is 30.5 Å². The van der Waals surface area contributed by atoms with Gasteiger partial charge in [-0.05, 0) is 25.7 Å². The van der Waals surface area contributed by atoms with Crippen molar-refractivity contribution in [3.63, 3.8) is 0 Å². The number of rotatable bonds is 12. The maximum absolute atomic E-state index is 13.7. The smallest absolute Gasteiger partial charge is 0.452 e.